The first-order chi connectivity index (χ1) is 9.47. The normalized spacial score (nSPS) is 17.3. The first kappa shape index (κ1) is 14.8. The van der Waals surface area contributed by atoms with Crippen LogP contribution in [0.5, 0.6) is 0 Å². The predicted molar refractivity (Wildman–Crippen MR) is 75.9 cm³/mol. The maximum atomic E-state index is 11.8. The molecule has 2 atom stereocenters. The fourth-order valence-corrected chi connectivity index (χ4v) is 2.78. The molecule has 2 unspecified atom stereocenters. The summed E-state index contributed by atoms with van der Waals surface area (Å²) in [5.74, 6) is 0.210. The smallest absolute Gasteiger partial charge is 0.355 e. The molecule has 1 heterocycles. The third kappa shape index (κ3) is 3.93. The van der Waals surface area contributed by atoms with E-state index in [2.05, 4.69) is 22.5 Å². The van der Waals surface area contributed by atoms with Crippen LogP contribution >= 0.6 is 11.3 Å². The lowest BCUT2D eigenvalue weighted by Gasteiger charge is -2.15. The van der Waals surface area contributed by atoms with E-state index in [1.54, 1.807) is 6.92 Å². The molecular weight excluding hydrogens is 278 g/mol. The molecule has 0 aromatic carbocycles. The number of hydrogen-bond donors (Lipinski definition) is 3. The lowest BCUT2D eigenvalue weighted by atomic mass is 10.1. The highest BCUT2D eigenvalue weighted by atomic mass is 32.1. The number of carbonyl (C=O) groups is 2. The van der Waals surface area contributed by atoms with Crippen molar-refractivity contribution in [3.8, 4) is 0 Å². The lowest BCUT2D eigenvalue weighted by Crippen LogP contribution is -2.39. The van der Waals surface area contributed by atoms with Gasteiger partial charge in [0.1, 0.15) is 5.01 Å². The summed E-state index contributed by atoms with van der Waals surface area (Å²) in [7, 11) is 0. The zero-order chi connectivity index (χ0) is 14.7. The molecule has 0 spiro atoms. The van der Waals surface area contributed by atoms with Crippen molar-refractivity contribution in [2.75, 3.05) is 6.54 Å². The molecular formula is C13H19N3O3S. The molecule has 0 radical (unpaired) electrons. The van der Waals surface area contributed by atoms with Crippen molar-refractivity contribution in [1.29, 1.82) is 0 Å². The minimum Gasteiger partial charge on any atom is -0.476 e. The number of thiazole rings is 1. The van der Waals surface area contributed by atoms with E-state index in [-0.39, 0.29) is 17.8 Å². The van der Waals surface area contributed by atoms with Crippen molar-refractivity contribution in [2.24, 2.45) is 11.8 Å². The van der Waals surface area contributed by atoms with Gasteiger partial charge in [-0.2, -0.15) is 0 Å². The average Bonchev–Trinajstić information content (AvgIpc) is 3.12. The third-order valence-electron chi connectivity index (χ3n) is 3.47. The Morgan fingerprint density at radius 2 is 2.20 bits per heavy atom. The highest BCUT2D eigenvalue weighted by Gasteiger charge is 2.28. The van der Waals surface area contributed by atoms with Crippen LogP contribution in [0.15, 0.2) is 5.38 Å². The van der Waals surface area contributed by atoms with Gasteiger partial charge >= 0.3 is 12.0 Å². The van der Waals surface area contributed by atoms with Gasteiger partial charge in [-0.3, -0.25) is 0 Å². The quantitative estimate of drug-likeness (QED) is 0.751. The topological polar surface area (TPSA) is 91.3 Å². The number of nitrogens with zero attached hydrogens (tertiary/aromatic N) is 1. The molecule has 0 bridgehead atoms. The van der Waals surface area contributed by atoms with Crippen LogP contribution in [0, 0.1) is 11.8 Å². The van der Waals surface area contributed by atoms with Crippen LogP contribution in [0.2, 0.25) is 0 Å². The summed E-state index contributed by atoms with van der Waals surface area (Å²) in [6.45, 7) is 4.59. The van der Waals surface area contributed by atoms with Gasteiger partial charge < -0.3 is 15.7 Å². The summed E-state index contributed by atoms with van der Waals surface area (Å²) in [6.07, 6.45) is 2.52. The Labute approximate surface area is 121 Å². The molecule has 20 heavy (non-hydrogen) atoms. The standard InChI is InChI=1S/C13H19N3O3S/c1-7(9-3-4-9)5-14-13(19)15-8(2)11-16-10(6-20-11)12(17)18/h6-9H,3-5H2,1-2H3,(H,17,18)(H2,14,15,19). The van der Waals surface area contributed by atoms with E-state index in [0.717, 1.165) is 5.92 Å². The Kier molecular flexibility index (Phi) is 4.59. The van der Waals surface area contributed by atoms with Crippen LogP contribution in [-0.2, 0) is 0 Å². The van der Waals surface area contributed by atoms with E-state index in [9.17, 15) is 9.59 Å². The molecule has 1 aliphatic rings. The van der Waals surface area contributed by atoms with Crippen LogP contribution in [-0.4, -0.2) is 28.6 Å². The molecule has 0 aliphatic heterocycles. The number of hydrogen-bond acceptors (Lipinski definition) is 4. The molecule has 3 N–H and O–H groups in total. The molecule has 1 fully saturated rings. The van der Waals surface area contributed by atoms with E-state index in [1.807, 2.05) is 0 Å². The fourth-order valence-electron chi connectivity index (χ4n) is 1.98. The number of urea groups is 1. The average molecular weight is 297 g/mol. The molecule has 1 saturated carbocycles. The van der Waals surface area contributed by atoms with Gasteiger partial charge in [0.25, 0.3) is 0 Å². The second kappa shape index (κ2) is 6.21. The number of carbonyl (C=O) groups excluding carboxylic acids is 1. The molecule has 0 saturated heterocycles. The number of carboxylic acid groups (broad SMARTS) is 1. The largest absolute Gasteiger partial charge is 0.476 e. The number of aromatic carboxylic acids is 1. The Bertz CT molecular complexity index is 499. The number of rotatable bonds is 6. The Hall–Kier alpha value is -1.63. The molecule has 110 valence electrons. The molecule has 6 nitrogen and oxygen atoms in total. The molecule has 7 heteroatoms. The SMILES string of the molecule is CC(NC(=O)NCC(C)C1CC1)c1nc(C(=O)O)cs1. The number of carboxylic acids is 1. The molecule has 1 aromatic rings. The van der Waals surface area contributed by atoms with Crippen molar-refractivity contribution in [3.63, 3.8) is 0 Å². The van der Waals surface area contributed by atoms with E-state index in [1.165, 1.54) is 29.6 Å². The van der Waals surface area contributed by atoms with E-state index < -0.39 is 5.97 Å². The zero-order valence-corrected chi connectivity index (χ0v) is 12.4. The van der Waals surface area contributed by atoms with Crippen LogP contribution in [0.3, 0.4) is 0 Å². The Morgan fingerprint density at radius 1 is 1.50 bits per heavy atom. The molecule has 1 aromatic heterocycles. The summed E-state index contributed by atoms with van der Waals surface area (Å²) in [4.78, 5) is 26.5. The first-order valence-electron chi connectivity index (χ1n) is 6.70. The van der Waals surface area contributed by atoms with E-state index in [4.69, 9.17) is 5.11 Å². The summed E-state index contributed by atoms with van der Waals surface area (Å²) in [5, 5.41) is 16.5. The van der Waals surface area contributed by atoms with Crippen LogP contribution in [0.4, 0.5) is 4.79 Å². The fraction of sp³-hybridized carbons (Fsp3) is 0.615. The molecule has 2 rings (SSSR count). The van der Waals surface area contributed by atoms with Crippen molar-refractivity contribution in [2.45, 2.75) is 32.7 Å². The number of nitrogens with one attached hydrogen (secondary N) is 2. The molecule has 2 amide bonds. The third-order valence-corrected chi connectivity index (χ3v) is 4.50. The highest BCUT2D eigenvalue weighted by Crippen LogP contribution is 2.36. The maximum absolute atomic E-state index is 11.8. The summed E-state index contributed by atoms with van der Waals surface area (Å²) >= 11 is 1.23. The minimum absolute atomic E-state index is 0.0152. The van der Waals surface area contributed by atoms with Crippen molar-refractivity contribution < 1.29 is 14.7 Å². The zero-order valence-electron chi connectivity index (χ0n) is 11.5. The number of amides is 2. The maximum Gasteiger partial charge on any atom is 0.355 e. The van der Waals surface area contributed by atoms with Crippen LogP contribution < -0.4 is 10.6 Å². The van der Waals surface area contributed by atoms with Gasteiger partial charge in [-0.25, -0.2) is 14.6 Å². The van der Waals surface area contributed by atoms with Gasteiger partial charge in [0.05, 0.1) is 6.04 Å². The second-order valence-corrected chi connectivity index (χ2v) is 6.16. The predicted octanol–water partition coefficient (Wildman–Crippen LogP) is 2.25. The summed E-state index contributed by atoms with van der Waals surface area (Å²) < 4.78 is 0. The molecule has 1 aliphatic carbocycles. The van der Waals surface area contributed by atoms with Crippen molar-refractivity contribution in [1.82, 2.24) is 15.6 Å². The van der Waals surface area contributed by atoms with Gasteiger partial charge in [0.15, 0.2) is 5.69 Å². The van der Waals surface area contributed by atoms with Crippen LogP contribution in [0.25, 0.3) is 0 Å². The van der Waals surface area contributed by atoms with Gasteiger partial charge in [-0.05, 0) is 31.6 Å². The highest BCUT2D eigenvalue weighted by molar-refractivity contribution is 7.09. The lowest BCUT2D eigenvalue weighted by molar-refractivity contribution is 0.0691. The van der Waals surface area contributed by atoms with Gasteiger partial charge in [0, 0.05) is 11.9 Å². The van der Waals surface area contributed by atoms with Gasteiger partial charge in [0.2, 0.25) is 0 Å². The van der Waals surface area contributed by atoms with Crippen molar-refractivity contribution >= 4 is 23.3 Å². The van der Waals surface area contributed by atoms with E-state index in [0.29, 0.717) is 17.5 Å². The summed E-state index contributed by atoms with van der Waals surface area (Å²) in [5.41, 5.74) is 0.0152. The number of aromatic nitrogens is 1. The first-order valence-corrected chi connectivity index (χ1v) is 7.58. The van der Waals surface area contributed by atoms with Crippen LogP contribution in [0.1, 0.15) is 48.2 Å². The summed E-state index contributed by atoms with van der Waals surface area (Å²) in [6, 6.07) is -0.540. The van der Waals surface area contributed by atoms with E-state index >= 15 is 0 Å². The van der Waals surface area contributed by atoms with Gasteiger partial charge in [-0.1, -0.05) is 6.92 Å². The Balaban J connectivity index is 1.78. The van der Waals surface area contributed by atoms with Gasteiger partial charge in [-0.15, -0.1) is 11.3 Å². The minimum atomic E-state index is -1.05. The monoisotopic (exact) mass is 297 g/mol. The second-order valence-electron chi connectivity index (χ2n) is 5.27. The Morgan fingerprint density at radius 3 is 2.75 bits per heavy atom. The van der Waals surface area contributed by atoms with Crippen molar-refractivity contribution in [3.05, 3.63) is 16.1 Å².